The Kier molecular flexibility index (Phi) is 6.32. The molecule has 0 fully saturated rings. The molecule has 0 spiro atoms. The zero-order chi connectivity index (χ0) is 9.45. The van der Waals surface area contributed by atoms with Crippen LogP contribution in [0.15, 0.2) is 0 Å². The van der Waals surface area contributed by atoms with Gasteiger partial charge in [-0.1, -0.05) is 0 Å². The van der Waals surface area contributed by atoms with Gasteiger partial charge in [0.25, 0.3) is 0 Å². The molecule has 0 rings (SSSR count). The van der Waals surface area contributed by atoms with Crippen molar-refractivity contribution in [3.8, 4) is 0 Å². The van der Waals surface area contributed by atoms with Gasteiger partial charge in [-0.15, -0.1) is 0 Å². The summed E-state index contributed by atoms with van der Waals surface area (Å²) in [6, 6.07) is 0. The van der Waals surface area contributed by atoms with E-state index in [2.05, 4.69) is 4.72 Å². The number of nitrogens with one attached hydrogen (secondary N) is 1. The molecule has 0 saturated heterocycles. The molecule has 4 nitrogen and oxygen atoms in total. The Balaban J connectivity index is 3.12. The molecule has 0 aliphatic heterocycles. The molecule has 1 N–H and O–H groups in total. The lowest BCUT2D eigenvalue weighted by Gasteiger charge is -2.01. The van der Waals surface area contributed by atoms with E-state index in [0.29, 0.717) is 6.54 Å². The minimum absolute atomic E-state index is 0.530. The van der Waals surface area contributed by atoms with Gasteiger partial charge >= 0.3 is 0 Å². The molecular weight excluding hydrogens is 178 g/mol. The maximum atomic E-state index is 10.6. The molecule has 5 heteroatoms. The number of hydrogen-bond donors (Lipinski definition) is 1. The highest BCUT2D eigenvalue weighted by Gasteiger charge is 1.97. The Bertz CT molecular complexity index is 189. The van der Waals surface area contributed by atoms with Crippen molar-refractivity contribution in [1.29, 1.82) is 0 Å². The standard InChI is InChI=1S/C7H17NO3S/c1-11-7-5-3-4-6-8-12(2,9)10/h8H,3-7H2,1-2H3. The molecule has 0 amide bonds. The number of methoxy groups -OCH3 is 1. The van der Waals surface area contributed by atoms with E-state index < -0.39 is 10.0 Å². The Morgan fingerprint density at radius 1 is 1.25 bits per heavy atom. The smallest absolute Gasteiger partial charge is 0.208 e. The van der Waals surface area contributed by atoms with Crippen LogP contribution in [0, 0.1) is 0 Å². The minimum atomic E-state index is -3.00. The third-order valence-electron chi connectivity index (χ3n) is 1.39. The van der Waals surface area contributed by atoms with Crippen molar-refractivity contribution < 1.29 is 13.2 Å². The number of rotatable bonds is 7. The maximum Gasteiger partial charge on any atom is 0.208 e. The van der Waals surface area contributed by atoms with Crippen molar-refractivity contribution >= 4 is 10.0 Å². The topological polar surface area (TPSA) is 55.4 Å². The monoisotopic (exact) mass is 195 g/mol. The molecule has 0 saturated carbocycles. The van der Waals surface area contributed by atoms with E-state index in [1.165, 1.54) is 6.26 Å². The average molecular weight is 195 g/mol. The quantitative estimate of drug-likeness (QED) is 0.596. The van der Waals surface area contributed by atoms with E-state index in [1.807, 2.05) is 0 Å². The van der Waals surface area contributed by atoms with Crippen LogP contribution in [-0.2, 0) is 14.8 Å². The summed E-state index contributed by atoms with van der Waals surface area (Å²) in [7, 11) is -1.34. The number of ether oxygens (including phenoxy) is 1. The van der Waals surface area contributed by atoms with E-state index in [1.54, 1.807) is 7.11 Å². The van der Waals surface area contributed by atoms with Gasteiger partial charge in [0.2, 0.25) is 10.0 Å². The summed E-state index contributed by atoms with van der Waals surface area (Å²) in [5, 5.41) is 0. The summed E-state index contributed by atoms with van der Waals surface area (Å²) in [6.07, 6.45) is 4.02. The minimum Gasteiger partial charge on any atom is -0.385 e. The number of sulfonamides is 1. The molecule has 0 aromatic rings. The first-order valence-corrected chi connectivity index (χ1v) is 5.89. The summed E-state index contributed by atoms with van der Waals surface area (Å²) in [5.41, 5.74) is 0. The van der Waals surface area contributed by atoms with Crippen molar-refractivity contribution in [3.05, 3.63) is 0 Å². The summed E-state index contributed by atoms with van der Waals surface area (Å²) in [4.78, 5) is 0. The highest BCUT2D eigenvalue weighted by atomic mass is 32.2. The molecule has 0 radical (unpaired) electrons. The van der Waals surface area contributed by atoms with Crippen LogP contribution in [0.3, 0.4) is 0 Å². The van der Waals surface area contributed by atoms with E-state index in [-0.39, 0.29) is 0 Å². The van der Waals surface area contributed by atoms with E-state index in [4.69, 9.17) is 4.74 Å². The molecule has 0 atom stereocenters. The third kappa shape index (κ3) is 9.87. The van der Waals surface area contributed by atoms with Gasteiger partial charge in [-0.2, -0.15) is 0 Å². The Labute approximate surface area is 74.4 Å². The van der Waals surface area contributed by atoms with Crippen LogP contribution in [0.1, 0.15) is 19.3 Å². The van der Waals surface area contributed by atoms with Gasteiger partial charge in [-0.05, 0) is 19.3 Å². The average Bonchev–Trinajstić information content (AvgIpc) is 1.94. The summed E-state index contributed by atoms with van der Waals surface area (Å²) in [5.74, 6) is 0. The number of hydrogen-bond acceptors (Lipinski definition) is 3. The van der Waals surface area contributed by atoms with Crippen molar-refractivity contribution in [2.45, 2.75) is 19.3 Å². The van der Waals surface area contributed by atoms with Crippen molar-refractivity contribution in [2.75, 3.05) is 26.5 Å². The van der Waals surface area contributed by atoms with E-state index in [0.717, 1.165) is 25.9 Å². The lowest BCUT2D eigenvalue weighted by atomic mass is 10.2. The van der Waals surface area contributed by atoms with Crippen LogP contribution in [0.5, 0.6) is 0 Å². The normalized spacial score (nSPS) is 11.8. The predicted octanol–water partition coefficient (Wildman–Crippen LogP) is 0.352. The highest BCUT2D eigenvalue weighted by molar-refractivity contribution is 7.88. The Morgan fingerprint density at radius 3 is 2.42 bits per heavy atom. The first kappa shape index (κ1) is 11.9. The summed E-state index contributed by atoms with van der Waals surface area (Å²) in [6.45, 7) is 1.28. The van der Waals surface area contributed by atoms with Gasteiger partial charge in [0, 0.05) is 20.3 Å². The number of unbranched alkanes of at least 4 members (excludes halogenated alkanes) is 2. The van der Waals surface area contributed by atoms with Crippen LogP contribution in [0.25, 0.3) is 0 Å². The zero-order valence-corrected chi connectivity index (χ0v) is 8.49. The van der Waals surface area contributed by atoms with E-state index in [9.17, 15) is 8.42 Å². The van der Waals surface area contributed by atoms with Crippen molar-refractivity contribution in [2.24, 2.45) is 0 Å². The largest absolute Gasteiger partial charge is 0.385 e. The van der Waals surface area contributed by atoms with Crippen LogP contribution in [-0.4, -0.2) is 34.9 Å². The van der Waals surface area contributed by atoms with Crippen LogP contribution in [0.4, 0.5) is 0 Å². The van der Waals surface area contributed by atoms with Gasteiger partial charge in [0.05, 0.1) is 6.26 Å². The SMILES string of the molecule is COCCCCCNS(C)(=O)=O. The molecule has 0 aliphatic carbocycles. The highest BCUT2D eigenvalue weighted by Crippen LogP contribution is 1.93. The van der Waals surface area contributed by atoms with Gasteiger partial charge in [-0.25, -0.2) is 13.1 Å². The Hall–Kier alpha value is -0.130. The molecule has 12 heavy (non-hydrogen) atoms. The summed E-state index contributed by atoms with van der Waals surface area (Å²) >= 11 is 0. The fourth-order valence-electron chi connectivity index (χ4n) is 0.806. The van der Waals surface area contributed by atoms with Crippen LogP contribution < -0.4 is 4.72 Å². The van der Waals surface area contributed by atoms with Crippen LogP contribution in [0.2, 0.25) is 0 Å². The van der Waals surface area contributed by atoms with Gasteiger partial charge in [0.15, 0.2) is 0 Å². The first-order chi connectivity index (χ1) is 5.56. The van der Waals surface area contributed by atoms with Crippen molar-refractivity contribution in [3.63, 3.8) is 0 Å². The molecule has 0 aliphatic rings. The van der Waals surface area contributed by atoms with Crippen molar-refractivity contribution in [1.82, 2.24) is 4.72 Å². The zero-order valence-electron chi connectivity index (χ0n) is 7.67. The second kappa shape index (κ2) is 6.39. The fourth-order valence-corrected chi connectivity index (χ4v) is 1.32. The Morgan fingerprint density at radius 2 is 1.92 bits per heavy atom. The first-order valence-electron chi connectivity index (χ1n) is 4.00. The van der Waals surface area contributed by atoms with Gasteiger partial charge in [-0.3, -0.25) is 0 Å². The molecule has 0 bridgehead atoms. The molecule has 0 aromatic carbocycles. The molecule has 74 valence electrons. The predicted molar refractivity (Wildman–Crippen MR) is 48.6 cm³/mol. The van der Waals surface area contributed by atoms with Gasteiger partial charge < -0.3 is 4.74 Å². The second-order valence-electron chi connectivity index (χ2n) is 2.72. The fraction of sp³-hybridized carbons (Fsp3) is 1.00. The second-order valence-corrected chi connectivity index (χ2v) is 4.55. The lowest BCUT2D eigenvalue weighted by Crippen LogP contribution is -2.22. The van der Waals surface area contributed by atoms with Gasteiger partial charge in [0.1, 0.15) is 0 Å². The summed E-state index contributed by atoms with van der Waals surface area (Å²) < 4.78 is 28.4. The molecular formula is C7H17NO3S. The third-order valence-corrected chi connectivity index (χ3v) is 2.12. The molecule has 0 heterocycles. The molecule has 0 unspecified atom stereocenters. The molecule has 0 aromatic heterocycles. The van der Waals surface area contributed by atoms with E-state index >= 15 is 0 Å². The maximum absolute atomic E-state index is 10.6. The van der Waals surface area contributed by atoms with Crippen LogP contribution >= 0.6 is 0 Å². The lowest BCUT2D eigenvalue weighted by molar-refractivity contribution is 0.192.